The summed E-state index contributed by atoms with van der Waals surface area (Å²) in [7, 11) is 0. The highest BCUT2D eigenvalue weighted by Crippen LogP contribution is 2.22. The van der Waals surface area contributed by atoms with E-state index in [0.717, 1.165) is 38.3 Å². The average Bonchev–Trinajstić information content (AvgIpc) is 3.15. The molecule has 1 saturated heterocycles. The summed E-state index contributed by atoms with van der Waals surface area (Å²) in [6, 6.07) is 17.1. The van der Waals surface area contributed by atoms with E-state index in [1.807, 2.05) is 19.1 Å². The second-order valence-electron chi connectivity index (χ2n) is 7.81. The monoisotopic (exact) mass is 409 g/mol. The van der Waals surface area contributed by atoms with E-state index in [-0.39, 0.29) is 17.2 Å². The van der Waals surface area contributed by atoms with Crippen molar-refractivity contribution in [3.8, 4) is 5.69 Å². The van der Waals surface area contributed by atoms with Crippen molar-refractivity contribution in [2.75, 3.05) is 36.0 Å². The fraction of sp³-hybridized carbons (Fsp3) is 0.391. The minimum Gasteiger partial charge on any atom is -0.412 e. The van der Waals surface area contributed by atoms with E-state index in [0.29, 0.717) is 0 Å². The Labute approximate surface area is 177 Å². The van der Waals surface area contributed by atoms with Gasteiger partial charge in [0.2, 0.25) is 0 Å². The molecule has 0 aliphatic carbocycles. The van der Waals surface area contributed by atoms with Crippen LogP contribution in [-0.2, 0) is 0 Å². The van der Waals surface area contributed by atoms with Gasteiger partial charge in [0.1, 0.15) is 6.33 Å². The van der Waals surface area contributed by atoms with Crippen molar-refractivity contribution in [2.24, 2.45) is 0 Å². The summed E-state index contributed by atoms with van der Waals surface area (Å²) in [5.74, 6) is 0. The number of hydrogen-bond donors (Lipinski definition) is 0. The van der Waals surface area contributed by atoms with Gasteiger partial charge in [-0.2, -0.15) is 5.10 Å². The van der Waals surface area contributed by atoms with E-state index < -0.39 is 0 Å². The first-order chi connectivity index (χ1) is 14.1. The number of hydrogen-bond acceptors (Lipinski definition) is 4. The zero-order valence-corrected chi connectivity index (χ0v) is 18.0. The van der Waals surface area contributed by atoms with Gasteiger partial charge in [0.05, 0.1) is 11.7 Å². The molecule has 0 spiro atoms. The molecule has 7 heteroatoms. The SMILES string of the molecule is CC[C@@H](C)n1ncn(-c2ccc(N3CCN(c4ccc(C)cc4)CC3)cc2)c1=O.O. The van der Waals surface area contributed by atoms with Gasteiger partial charge >= 0.3 is 5.69 Å². The molecule has 2 aromatic carbocycles. The maximum Gasteiger partial charge on any atom is 0.350 e. The van der Waals surface area contributed by atoms with Crippen LogP contribution in [-0.4, -0.2) is 46.0 Å². The normalized spacial score (nSPS) is 15.0. The Bertz CT molecular complexity index is 999. The van der Waals surface area contributed by atoms with Gasteiger partial charge in [-0.3, -0.25) is 0 Å². The molecule has 1 aliphatic rings. The first kappa shape index (κ1) is 21.6. The number of anilines is 2. The first-order valence-electron chi connectivity index (χ1n) is 10.4. The molecule has 160 valence electrons. The van der Waals surface area contributed by atoms with E-state index >= 15 is 0 Å². The third-order valence-corrected chi connectivity index (χ3v) is 5.87. The number of aryl methyl sites for hydroxylation is 1. The van der Waals surface area contributed by atoms with Crippen LogP contribution in [0.2, 0.25) is 0 Å². The van der Waals surface area contributed by atoms with Crippen LogP contribution in [0.3, 0.4) is 0 Å². The Morgan fingerprint density at radius 1 is 0.867 bits per heavy atom. The lowest BCUT2D eigenvalue weighted by Crippen LogP contribution is -2.46. The van der Waals surface area contributed by atoms with E-state index in [2.05, 4.69) is 65.1 Å². The topological polar surface area (TPSA) is 77.8 Å². The smallest absolute Gasteiger partial charge is 0.350 e. The number of rotatable bonds is 5. The van der Waals surface area contributed by atoms with Crippen molar-refractivity contribution in [3.05, 3.63) is 70.9 Å². The van der Waals surface area contributed by atoms with Crippen molar-refractivity contribution in [3.63, 3.8) is 0 Å². The fourth-order valence-corrected chi connectivity index (χ4v) is 3.77. The molecule has 30 heavy (non-hydrogen) atoms. The van der Waals surface area contributed by atoms with E-state index in [9.17, 15) is 4.79 Å². The van der Waals surface area contributed by atoms with E-state index in [1.54, 1.807) is 15.6 Å². The standard InChI is InChI=1S/C23H29N5O.H2O/c1-4-19(3)28-23(29)27(17-24-28)22-11-9-21(10-12-22)26-15-13-25(14-16-26)20-7-5-18(2)6-8-20;/h5-12,17,19H,4,13-16H2,1-3H3;1H2/t19-;/m1./s1. The molecule has 1 fully saturated rings. The predicted octanol–water partition coefficient (Wildman–Crippen LogP) is 2.82. The van der Waals surface area contributed by atoms with Crippen LogP contribution in [0.15, 0.2) is 59.7 Å². The molecule has 2 heterocycles. The molecule has 1 atom stereocenters. The molecule has 1 aliphatic heterocycles. The average molecular weight is 410 g/mol. The van der Waals surface area contributed by atoms with Gasteiger partial charge in [0.25, 0.3) is 0 Å². The van der Waals surface area contributed by atoms with Crippen molar-refractivity contribution in [1.29, 1.82) is 0 Å². The predicted molar refractivity (Wildman–Crippen MR) is 122 cm³/mol. The summed E-state index contributed by atoms with van der Waals surface area (Å²) >= 11 is 0. The lowest BCUT2D eigenvalue weighted by molar-refractivity contribution is 0.460. The second-order valence-corrected chi connectivity index (χ2v) is 7.81. The van der Waals surface area contributed by atoms with Gasteiger partial charge in [-0.05, 0) is 56.7 Å². The summed E-state index contributed by atoms with van der Waals surface area (Å²) in [5, 5.41) is 4.27. The molecule has 0 unspecified atom stereocenters. The van der Waals surface area contributed by atoms with Crippen molar-refractivity contribution in [1.82, 2.24) is 14.3 Å². The number of aromatic nitrogens is 3. The summed E-state index contributed by atoms with van der Waals surface area (Å²) in [6.07, 6.45) is 2.49. The van der Waals surface area contributed by atoms with Crippen LogP contribution in [0.1, 0.15) is 31.9 Å². The van der Waals surface area contributed by atoms with Crippen molar-refractivity contribution >= 4 is 11.4 Å². The molecule has 0 saturated carbocycles. The molecule has 0 radical (unpaired) electrons. The van der Waals surface area contributed by atoms with Crippen molar-refractivity contribution < 1.29 is 5.48 Å². The van der Waals surface area contributed by atoms with Gasteiger partial charge < -0.3 is 15.3 Å². The minimum absolute atomic E-state index is 0. The number of piperazine rings is 1. The Hall–Kier alpha value is -3.06. The zero-order valence-electron chi connectivity index (χ0n) is 18.0. The summed E-state index contributed by atoms with van der Waals surface area (Å²) < 4.78 is 3.17. The molecular weight excluding hydrogens is 378 g/mol. The van der Waals surface area contributed by atoms with E-state index in [4.69, 9.17) is 0 Å². The molecule has 3 aromatic rings. The van der Waals surface area contributed by atoms with Gasteiger partial charge in [-0.15, -0.1) is 0 Å². The molecule has 7 nitrogen and oxygen atoms in total. The largest absolute Gasteiger partial charge is 0.412 e. The van der Waals surface area contributed by atoms with Crippen LogP contribution in [0.4, 0.5) is 11.4 Å². The fourth-order valence-electron chi connectivity index (χ4n) is 3.77. The number of benzene rings is 2. The van der Waals surface area contributed by atoms with Crippen LogP contribution in [0, 0.1) is 6.92 Å². The molecule has 4 rings (SSSR count). The Morgan fingerprint density at radius 3 is 1.83 bits per heavy atom. The van der Waals surface area contributed by atoms with Crippen LogP contribution in [0.5, 0.6) is 0 Å². The molecule has 0 bridgehead atoms. The molecule has 0 amide bonds. The lowest BCUT2D eigenvalue weighted by Gasteiger charge is -2.37. The minimum atomic E-state index is -0.0844. The first-order valence-corrected chi connectivity index (χ1v) is 10.4. The van der Waals surface area contributed by atoms with Gasteiger partial charge in [0, 0.05) is 37.6 Å². The van der Waals surface area contributed by atoms with Crippen LogP contribution in [0.25, 0.3) is 5.69 Å². The Kier molecular flexibility index (Phi) is 6.62. The highest BCUT2D eigenvalue weighted by molar-refractivity contribution is 5.54. The summed E-state index contributed by atoms with van der Waals surface area (Å²) in [6.45, 7) is 10.2. The van der Waals surface area contributed by atoms with Crippen LogP contribution >= 0.6 is 0 Å². The zero-order chi connectivity index (χ0) is 20.4. The highest BCUT2D eigenvalue weighted by atomic mass is 16.2. The number of nitrogens with zero attached hydrogens (tertiary/aromatic N) is 5. The van der Waals surface area contributed by atoms with Gasteiger partial charge in [0.15, 0.2) is 0 Å². The molecular formula is C23H31N5O2. The Balaban J connectivity index is 0.00000256. The van der Waals surface area contributed by atoms with Gasteiger partial charge in [-0.25, -0.2) is 14.0 Å². The summed E-state index contributed by atoms with van der Waals surface area (Å²) in [5.41, 5.74) is 4.55. The van der Waals surface area contributed by atoms with Crippen molar-refractivity contribution in [2.45, 2.75) is 33.2 Å². The Morgan fingerprint density at radius 2 is 1.33 bits per heavy atom. The maximum absolute atomic E-state index is 12.6. The lowest BCUT2D eigenvalue weighted by atomic mass is 10.2. The third kappa shape index (κ3) is 4.26. The maximum atomic E-state index is 12.6. The van der Waals surface area contributed by atoms with E-state index in [1.165, 1.54) is 16.9 Å². The summed E-state index contributed by atoms with van der Waals surface area (Å²) in [4.78, 5) is 17.4. The quantitative estimate of drug-likeness (QED) is 0.649. The third-order valence-electron chi connectivity index (χ3n) is 5.87. The van der Waals surface area contributed by atoms with Gasteiger partial charge in [-0.1, -0.05) is 24.6 Å². The van der Waals surface area contributed by atoms with Crippen LogP contribution < -0.4 is 15.5 Å². The molecule has 2 N–H and O–H groups in total. The molecule has 1 aromatic heterocycles. The highest BCUT2D eigenvalue weighted by Gasteiger charge is 2.18. The second kappa shape index (κ2) is 9.17.